The number of hydrogen-bond acceptors (Lipinski definition) is 2. The van der Waals surface area contributed by atoms with Crippen LogP contribution in [0.5, 0.6) is 0 Å². The third-order valence-electron chi connectivity index (χ3n) is 7.27. The lowest BCUT2D eigenvalue weighted by atomic mass is 9.87. The predicted octanol–water partition coefficient (Wildman–Crippen LogP) is 4.09. The molecule has 0 aromatic heterocycles. The Hall–Kier alpha value is -0.830. The summed E-state index contributed by atoms with van der Waals surface area (Å²) < 4.78 is 0. The van der Waals surface area contributed by atoms with E-state index in [0.29, 0.717) is 11.8 Å². The number of carbonyl (C=O) groups excluding carboxylic acids is 1. The molecule has 2 saturated carbocycles. The van der Waals surface area contributed by atoms with Crippen molar-refractivity contribution in [3.8, 4) is 0 Å². The van der Waals surface area contributed by atoms with Crippen LogP contribution in [-0.4, -0.2) is 48.4 Å². The molecule has 2 bridgehead atoms. The monoisotopic (exact) mass is 344 g/mol. The molecular weight excluding hydrogens is 308 g/mol. The fourth-order valence-electron chi connectivity index (χ4n) is 5.73. The van der Waals surface area contributed by atoms with Gasteiger partial charge < -0.3 is 9.80 Å². The van der Waals surface area contributed by atoms with Crippen molar-refractivity contribution in [2.45, 2.75) is 64.2 Å². The average molecular weight is 345 g/mol. The number of carbonyl (C=O) groups is 1. The Morgan fingerprint density at radius 3 is 2.40 bits per heavy atom. The van der Waals surface area contributed by atoms with Gasteiger partial charge in [0.15, 0.2) is 0 Å². The van der Waals surface area contributed by atoms with Crippen LogP contribution in [0.3, 0.4) is 0 Å². The number of piperidine rings is 1. The van der Waals surface area contributed by atoms with Crippen molar-refractivity contribution >= 4 is 5.91 Å². The minimum Gasteiger partial charge on any atom is -0.341 e. The van der Waals surface area contributed by atoms with Crippen LogP contribution in [0.2, 0.25) is 0 Å². The smallest absolute Gasteiger partial charge is 0.225 e. The highest BCUT2D eigenvalue weighted by atomic mass is 16.2. The molecule has 3 heteroatoms. The van der Waals surface area contributed by atoms with E-state index in [9.17, 15) is 4.79 Å². The van der Waals surface area contributed by atoms with Crippen molar-refractivity contribution in [1.29, 1.82) is 0 Å². The minimum atomic E-state index is 0.323. The lowest BCUT2D eigenvalue weighted by molar-refractivity contribution is -0.137. The van der Waals surface area contributed by atoms with Crippen LogP contribution in [0.15, 0.2) is 12.2 Å². The molecule has 3 nitrogen and oxygen atoms in total. The Bertz CT molecular complexity index is 476. The third-order valence-corrected chi connectivity index (χ3v) is 7.27. The molecule has 0 N–H and O–H groups in total. The molecule has 4 aliphatic rings. The van der Waals surface area contributed by atoms with Gasteiger partial charge in [0.1, 0.15) is 0 Å². The van der Waals surface area contributed by atoms with Crippen LogP contribution < -0.4 is 0 Å². The van der Waals surface area contributed by atoms with Gasteiger partial charge in [-0.15, -0.1) is 0 Å². The number of rotatable bonds is 6. The van der Waals surface area contributed by atoms with Gasteiger partial charge in [-0.25, -0.2) is 0 Å². The maximum absolute atomic E-state index is 13.3. The molecule has 3 unspecified atom stereocenters. The third kappa shape index (κ3) is 4.30. The fraction of sp³-hybridized carbons (Fsp3) is 0.864. The molecule has 1 amide bonds. The van der Waals surface area contributed by atoms with Crippen LogP contribution >= 0.6 is 0 Å². The van der Waals surface area contributed by atoms with Crippen molar-refractivity contribution in [3.63, 3.8) is 0 Å². The highest BCUT2D eigenvalue weighted by Crippen LogP contribution is 2.43. The Kier molecular flexibility index (Phi) is 5.80. The standard InChI is InChI=1S/C22H36N2O/c25-22(19-7-3-1-4-8-19)24(14-13-23-11-5-2-6-12-23)17-21-16-18-9-10-20(21)15-18/h9-10,18-21H,1-8,11-17H2. The van der Waals surface area contributed by atoms with Gasteiger partial charge in [0, 0.05) is 25.6 Å². The first-order chi connectivity index (χ1) is 12.3. The van der Waals surface area contributed by atoms with Gasteiger partial charge in [0.25, 0.3) is 0 Å². The summed E-state index contributed by atoms with van der Waals surface area (Å²) in [5.74, 6) is 3.10. The van der Waals surface area contributed by atoms with Gasteiger partial charge in [-0.2, -0.15) is 0 Å². The van der Waals surface area contributed by atoms with E-state index in [4.69, 9.17) is 0 Å². The number of amides is 1. The summed E-state index contributed by atoms with van der Waals surface area (Å²) in [6, 6.07) is 0. The van der Waals surface area contributed by atoms with Gasteiger partial charge in [0.2, 0.25) is 5.91 Å². The summed E-state index contributed by atoms with van der Waals surface area (Å²) in [4.78, 5) is 18.1. The second-order valence-electron chi connectivity index (χ2n) is 9.06. The summed E-state index contributed by atoms with van der Waals surface area (Å²) in [5.41, 5.74) is 0. The molecule has 1 aliphatic heterocycles. The molecule has 140 valence electrons. The number of fused-ring (bicyclic) bond motifs is 2. The molecule has 3 aliphatic carbocycles. The quantitative estimate of drug-likeness (QED) is 0.678. The highest BCUT2D eigenvalue weighted by Gasteiger charge is 2.38. The summed E-state index contributed by atoms with van der Waals surface area (Å²) >= 11 is 0. The molecule has 0 spiro atoms. The Morgan fingerprint density at radius 2 is 1.72 bits per heavy atom. The predicted molar refractivity (Wildman–Crippen MR) is 102 cm³/mol. The number of hydrogen-bond donors (Lipinski definition) is 0. The molecule has 25 heavy (non-hydrogen) atoms. The van der Waals surface area contributed by atoms with Gasteiger partial charge in [-0.3, -0.25) is 4.79 Å². The summed E-state index contributed by atoms with van der Waals surface area (Å²) in [5, 5.41) is 0. The van der Waals surface area contributed by atoms with E-state index in [0.717, 1.165) is 50.2 Å². The number of likely N-dealkylation sites (tertiary alicyclic amines) is 1. The summed E-state index contributed by atoms with van der Waals surface area (Å²) in [6.07, 6.45) is 17.7. The first-order valence-corrected chi connectivity index (χ1v) is 11.0. The zero-order chi connectivity index (χ0) is 17.1. The molecular formula is C22H36N2O. The number of nitrogens with zero attached hydrogens (tertiary/aromatic N) is 2. The molecule has 0 radical (unpaired) electrons. The van der Waals surface area contributed by atoms with Gasteiger partial charge in [-0.1, -0.05) is 37.8 Å². The lowest BCUT2D eigenvalue weighted by Gasteiger charge is -2.35. The minimum absolute atomic E-state index is 0.323. The Balaban J connectivity index is 1.36. The van der Waals surface area contributed by atoms with E-state index >= 15 is 0 Å². The second-order valence-corrected chi connectivity index (χ2v) is 9.06. The van der Waals surface area contributed by atoms with Gasteiger partial charge >= 0.3 is 0 Å². The van der Waals surface area contributed by atoms with E-state index in [-0.39, 0.29) is 0 Å². The van der Waals surface area contributed by atoms with Crippen LogP contribution in [0.1, 0.15) is 64.2 Å². The van der Waals surface area contributed by atoms with E-state index in [1.165, 1.54) is 64.5 Å². The maximum atomic E-state index is 13.3. The molecule has 0 aromatic carbocycles. The second kappa shape index (κ2) is 8.24. The fourth-order valence-corrected chi connectivity index (χ4v) is 5.73. The van der Waals surface area contributed by atoms with Crippen molar-refractivity contribution in [2.24, 2.45) is 23.7 Å². The van der Waals surface area contributed by atoms with E-state index in [2.05, 4.69) is 22.0 Å². The van der Waals surface area contributed by atoms with Crippen molar-refractivity contribution in [3.05, 3.63) is 12.2 Å². The average Bonchev–Trinajstić information content (AvgIpc) is 3.29. The van der Waals surface area contributed by atoms with Crippen LogP contribution in [-0.2, 0) is 4.79 Å². The maximum Gasteiger partial charge on any atom is 0.225 e. The molecule has 1 saturated heterocycles. The van der Waals surface area contributed by atoms with E-state index < -0.39 is 0 Å². The first kappa shape index (κ1) is 17.6. The first-order valence-electron chi connectivity index (χ1n) is 11.0. The largest absolute Gasteiger partial charge is 0.341 e. The topological polar surface area (TPSA) is 23.6 Å². The van der Waals surface area contributed by atoms with E-state index in [1.807, 2.05) is 0 Å². The van der Waals surface area contributed by atoms with Crippen molar-refractivity contribution in [2.75, 3.05) is 32.7 Å². The van der Waals surface area contributed by atoms with Crippen LogP contribution in [0.25, 0.3) is 0 Å². The van der Waals surface area contributed by atoms with Gasteiger partial charge in [-0.05, 0) is 69.4 Å². The summed E-state index contributed by atoms with van der Waals surface area (Å²) in [6.45, 7) is 5.56. The van der Waals surface area contributed by atoms with E-state index in [1.54, 1.807) is 0 Å². The molecule has 4 rings (SSSR count). The lowest BCUT2D eigenvalue weighted by Crippen LogP contribution is -2.45. The molecule has 3 fully saturated rings. The summed E-state index contributed by atoms with van der Waals surface area (Å²) in [7, 11) is 0. The van der Waals surface area contributed by atoms with Crippen molar-refractivity contribution < 1.29 is 4.79 Å². The molecule has 0 aromatic rings. The number of allylic oxidation sites excluding steroid dienone is 2. The van der Waals surface area contributed by atoms with Crippen LogP contribution in [0, 0.1) is 23.7 Å². The normalized spacial score (nSPS) is 33.0. The highest BCUT2D eigenvalue weighted by molar-refractivity contribution is 5.79. The molecule has 3 atom stereocenters. The van der Waals surface area contributed by atoms with Crippen LogP contribution in [0.4, 0.5) is 0 Å². The van der Waals surface area contributed by atoms with Gasteiger partial charge in [0.05, 0.1) is 0 Å². The SMILES string of the molecule is O=C(C1CCCCC1)N(CCN1CCCCC1)CC1CC2C=CC1C2. The Labute approximate surface area is 153 Å². The van der Waals surface area contributed by atoms with Crippen molar-refractivity contribution in [1.82, 2.24) is 9.80 Å². The Morgan fingerprint density at radius 1 is 0.960 bits per heavy atom. The molecule has 1 heterocycles. The zero-order valence-corrected chi connectivity index (χ0v) is 15.9. The zero-order valence-electron chi connectivity index (χ0n) is 15.9.